The number of para-hydroxylation sites is 1. The molecule has 0 spiro atoms. The van der Waals surface area contributed by atoms with E-state index in [2.05, 4.69) is 29.4 Å². The van der Waals surface area contributed by atoms with Crippen molar-refractivity contribution in [2.24, 2.45) is 0 Å². The summed E-state index contributed by atoms with van der Waals surface area (Å²) in [6, 6.07) is 17.3. The Labute approximate surface area is 180 Å². The highest BCUT2D eigenvalue weighted by Gasteiger charge is 2.20. The topological polar surface area (TPSA) is 73.2 Å². The molecule has 3 rings (SSSR count). The van der Waals surface area contributed by atoms with Crippen LogP contribution in [0.15, 0.2) is 64.5 Å². The first-order valence-electron chi connectivity index (χ1n) is 9.99. The predicted octanol–water partition coefficient (Wildman–Crippen LogP) is 3.44. The number of methoxy groups -OCH3 is 1. The van der Waals surface area contributed by atoms with Crippen molar-refractivity contribution in [3.8, 4) is 0 Å². The van der Waals surface area contributed by atoms with Crippen LogP contribution in [0.2, 0.25) is 0 Å². The lowest BCUT2D eigenvalue weighted by Gasteiger charge is -2.18. The van der Waals surface area contributed by atoms with Crippen LogP contribution in [0.25, 0.3) is 10.9 Å². The molecule has 1 amide bonds. The largest absolute Gasteiger partial charge is 0.383 e. The van der Waals surface area contributed by atoms with Crippen LogP contribution in [0.1, 0.15) is 25.3 Å². The van der Waals surface area contributed by atoms with Gasteiger partial charge in [-0.3, -0.25) is 14.2 Å². The number of benzene rings is 2. The van der Waals surface area contributed by atoms with Gasteiger partial charge in [0.1, 0.15) is 0 Å². The first-order valence-corrected chi connectivity index (χ1v) is 10.9. The van der Waals surface area contributed by atoms with E-state index in [1.165, 1.54) is 17.3 Å². The number of carbonyl (C=O) groups excluding carboxylic acids is 1. The lowest BCUT2D eigenvalue weighted by Crippen LogP contribution is -2.34. The second-order valence-corrected chi connectivity index (χ2v) is 8.49. The summed E-state index contributed by atoms with van der Waals surface area (Å²) in [6.45, 7) is 5.24. The Hall–Kier alpha value is -2.64. The normalized spacial score (nSPS) is 13.2. The lowest BCUT2D eigenvalue weighted by molar-refractivity contribution is -0.120. The van der Waals surface area contributed by atoms with Crippen LogP contribution >= 0.6 is 11.8 Å². The van der Waals surface area contributed by atoms with E-state index in [0.717, 1.165) is 0 Å². The van der Waals surface area contributed by atoms with Gasteiger partial charge in [-0.15, -0.1) is 0 Å². The standard InChI is InChI=1S/C23H27N3O3S/c1-16(18-9-5-4-6-10-18)15-24-21(27)17(2)30-23-25-20-12-8-7-11-19(20)22(28)26(23)13-14-29-3/h4-12,16-17H,13-15H2,1-3H3,(H,24,27)/t16-,17+/m0/s1. The average Bonchev–Trinajstić information content (AvgIpc) is 2.77. The van der Waals surface area contributed by atoms with Gasteiger partial charge in [-0.25, -0.2) is 4.98 Å². The molecule has 0 radical (unpaired) electrons. The summed E-state index contributed by atoms with van der Waals surface area (Å²) in [7, 11) is 1.59. The number of nitrogens with one attached hydrogen (secondary N) is 1. The maximum Gasteiger partial charge on any atom is 0.262 e. The maximum absolute atomic E-state index is 12.9. The van der Waals surface area contributed by atoms with Crippen molar-refractivity contribution in [1.82, 2.24) is 14.9 Å². The van der Waals surface area contributed by atoms with Crippen LogP contribution < -0.4 is 10.9 Å². The van der Waals surface area contributed by atoms with Crippen LogP contribution in [0.3, 0.4) is 0 Å². The molecule has 1 aromatic heterocycles. The number of aromatic nitrogens is 2. The first kappa shape index (κ1) is 22.1. The van der Waals surface area contributed by atoms with Crippen molar-refractivity contribution in [3.05, 3.63) is 70.5 Å². The third-order valence-electron chi connectivity index (χ3n) is 4.95. The third-order valence-corrected chi connectivity index (χ3v) is 6.04. The molecule has 0 unspecified atom stereocenters. The summed E-state index contributed by atoms with van der Waals surface area (Å²) in [5.41, 5.74) is 1.69. The average molecular weight is 426 g/mol. The van der Waals surface area contributed by atoms with Gasteiger partial charge in [0, 0.05) is 13.7 Å². The molecule has 6 nitrogen and oxygen atoms in total. The summed E-state index contributed by atoms with van der Waals surface area (Å²) in [6.07, 6.45) is 0. The molecule has 0 aliphatic rings. The van der Waals surface area contributed by atoms with E-state index in [1.807, 2.05) is 43.3 Å². The van der Waals surface area contributed by atoms with Gasteiger partial charge >= 0.3 is 0 Å². The highest BCUT2D eigenvalue weighted by atomic mass is 32.2. The van der Waals surface area contributed by atoms with Crippen molar-refractivity contribution in [3.63, 3.8) is 0 Å². The fourth-order valence-electron chi connectivity index (χ4n) is 3.13. The number of hydrogen-bond acceptors (Lipinski definition) is 5. The molecule has 2 atom stereocenters. The minimum absolute atomic E-state index is 0.0801. The Morgan fingerprint density at radius 1 is 1.13 bits per heavy atom. The van der Waals surface area contributed by atoms with Crippen LogP contribution in [0, 0.1) is 0 Å². The van der Waals surface area contributed by atoms with Gasteiger partial charge in [-0.2, -0.15) is 0 Å². The van der Waals surface area contributed by atoms with Crippen molar-refractivity contribution in [1.29, 1.82) is 0 Å². The number of hydrogen-bond donors (Lipinski definition) is 1. The van der Waals surface area contributed by atoms with E-state index in [4.69, 9.17) is 4.74 Å². The number of carbonyl (C=O) groups is 1. The van der Waals surface area contributed by atoms with E-state index in [1.54, 1.807) is 17.7 Å². The smallest absolute Gasteiger partial charge is 0.262 e. The molecule has 158 valence electrons. The second kappa shape index (κ2) is 10.4. The first-order chi connectivity index (χ1) is 14.5. The Kier molecular flexibility index (Phi) is 7.65. The Bertz CT molecular complexity index is 1050. The van der Waals surface area contributed by atoms with Gasteiger partial charge in [0.25, 0.3) is 5.56 Å². The molecule has 0 bridgehead atoms. The Balaban J connectivity index is 1.74. The number of nitrogens with zero attached hydrogens (tertiary/aromatic N) is 2. The van der Waals surface area contributed by atoms with Gasteiger partial charge in [-0.05, 0) is 30.5 Å². The quantitative estimate of drug-likeness (QED) is 0.420. The van der Waals surface area contributed by atoms with Crippen molar-refractivity contribution < 1.29 is 9.53 Å². The molecule has 0 fully saturated rings. The summed E-state index contributed by atoms with van der Waals surface area (Å²) in [4.78, 5) is 30.3. The lowest BCUT2D eigenvalue weighted by atomic mass is 10.0. The molecule has 2 aromatic carbocycles. The van der Waals surface area contributed by atoms with E-state index in [0.29, 0.717) is 35.8 Å². The van der Waals surface area contributed by atoms with E-state index in [-0.39, 0.29) is 17.4 Å². The number of thioether (sulfide) groups is 1. The maximum atomic E-state index is 12.9. The van der Waals surface area contributed by atoms with Crippen molar-refractivity contribution >= 4 is 28.6 Å². The molecule has 0 saturated heterocycles. The van der Waals surface area contributed by atoms with Gasteiger partial charge < -0.3 is 10.1 Å². The van der Waals surface area contributed by atoms with Crippen molar-refractivity contribution in [2.75, 3.05) is 20.3 Å². The van der Waals surface area contributed by atoms with Crippen LogP contribution in [0.4, 0.5) is 0 Å². The zero-order chi connectivity index (χ0) is 21.5. The SMILES string of the molecule is COCCn1c(S[C@H](C)C(=O)NC[C@H](C)c2ccccc2)nc2ccccc2c1=O. The molecule has 1 heterocycles. The number of fused-ring (bicyclic) bond motifs is 1. The molecule has 0 aliphatic heterocycles. The predicted molar refractivity (Wildman–Crippen MR) is 121 cm³/mol. The summed E-state index contributed by atoms with van der Waals surface area (Å²) in [5.74, 6) is 0.134. The van der Waals surface area contributed by atoms with Crippen LogP contribution in [-0.4, -0.2) is 41.0 Å². The van der Waals surface area contributed by atoms with E-state index < -0.39 is 5.25 Å². The molecular formula is C23H27N3O3S. The fourth-order valence-corrected chi connectivity index (χ4v) is 4.08. The highest BCUT2D eigenvalue weighted by molar-refractivity contribution is 8.00. The molecule has 0 saturated carbocycles. The molecule has 7 heteroatoms. The second-order valence-electron chi connectivity index (χ2n) is 7.18. The van der Waals surface area contributed by atoms with Gasteiger partial charge in [0.15, 0.2) is 5.16 Å². The zero-order valence-corrected chi connectivity index (χ0v) is 18.3. The highest BCUT2D eigenvalue weighted by Crippen LogP contribution is 2.23. The summed E-state index contributed by atoms with van der Waals surface area (Å²) < 4.78 is 6.74. The van der Waals surface area contributed by atoms with E-state index >= 15 is 0 Å². The van der Waals surface area contributed by atoms with Crippen molar-refractivity contribution in [2.45, 2.75) is 36.7 Å². The molecular weight excluding hydrogens is 398 g/mol. The molecule has 30 heavy (non-hydrogen) atoms. The van der Waals surface area contributed by atoms with Crippen LogP contribution in [0.5, 0.6) is 0 Å². The minimum Gasteiger partial charge on any atom is -0.383 e. The van der Waals surface area contributed by atoms with E-state index in [9.17, 15) is 9.59 Å². The van der Waals surface area contributed by atoms with Gasteiger partial charge in [0.2, 0.25) is 5.91 Å². The summed E-state index contributed by atoms with van der Waals surface area (Å²) >= 11 is 1.29. The number of rotatable bonds is 9. The molecule has 1 N–H and O–H groups in total. The Morgan fingerprint density at radius 3 is 2.57 bits per heavy atom. The van der Waals surface area contributed by atoms with Gasteiger partial charge in [0.05, 0.1) is 29.3 Å². The number of ether oxygens (including phenoxy) is 1. The number of amides is 1. The summed E-state index contributed by atoms with van der Waals surface area (Å²) in [5, 5.41) is 3.71. The minimum atomic E-state index is -0.394. The van der Waals surface area contributed by atoms with Crippen LogP contribution in [-0.2, 0) is 16.1 Å². The molecule has 0 aliphatic carbocycles. The van der Waals surface area contributed by atoms with Gasteiger partial charge in [-0.1, -0.05) is 61.2 Å². The third kappa shape index (κ3) is 5.29. The monoisotopic (exact) mass is 425 g/mol. The zero-order valence-electron chi connectivity index (χ0n) is 17.5. The fraction of sp³-hybridized carbons (Fsp3) is 0.348. The Morgan fingerprint density at radius 2 is 1.83 bits per heavy atom. The molecule has 3 aromatic rings.